The minimum absolute atomic E-state index is 0.131. The lowest BCUT2D eigenvalue weighted by molar-refractivity contribution is -0.142. The summed E-state index contributed by atoms with van der Waals surface area (Å²) < 4.78 is 0. The van der Waals surface area contributed by atoms with Gasteiger partial charge in [0.1, 0.15) is 0 Å². The van der Waals surface area contributed by atoms with Crippen molar-refractivity contribution in [2.75, 3.05) is 0 Å². The lowest BCUT2D eigenvalue weighted by Gasteiger charge is -2.20. The number of thiophene rings is 1. The molecule has 1 aromatic heterocycles. The van der Waals surface area contributed by atoms with E-state index in [1.807, 2.05) is 24.4 Å². The van der Waals surface area contributed by atoms with Crippen LogP contribution in [0.1, 0.15) is 31.6 Å². The van der Waals surface area contributed by atoms with Crippen LogP contribution >= 0.6 is 11.3 Å². The SMILES string of the molecule is CC(C(=O)NC(C)C(C)C(=O)O)c1cccs1. The second-order valence-electron chi connectivity index (χ2n) is 4.16. The van der Waals surface area contributed by atoms with Crippen LogP contribution in [0.25, 0.3) is 0 Å². The Morgan fingerprint density at radius 1 is 1.35 bits per heavy atom. The van der Waals surface area contributed by atoms with E-state index in [1.54, 1.807) is 13.8 Å². The molecule has 1 amide bonds. The van der Waals surface area contributed by atoms with Crippen LogP contribution < -0.4 is 5.32 Å². The molecule has 94 valence electrons. The van der Waals surface area contributed by atoms with Crippen molar-refractivity contribution in [2.24, 2.45) is 5.92 Å². The fourth-order valence-electron chi connectivity index (χ4n) is 1.36. The Bertz CT molecular complexity index is 388. The predicted octanol–water partition coefficient (Wildman–Crippen LogP) is 2.08. The molecule has 0 aliphatic rings. The van der Waals surface area contributed by atoms with Gasteiger partial charge in [-0.25, -0.2) is 0 Å². The molecule has 17 heavy (non-hydrogen) atoms. The van der Waals surface area contributed by atoms with Crippen molar-refractivity contribution < 1.29 is 14.7 Å². The molecule has 0 fully saturated rings. The maximum Gasteiger partial charge on any atom is 0.308 e. The quantitative estimate of drug-likeness (QED) is 0.846. The maximum atomic E-state index is 11.9. The molecule has 5 heteroatoms. The monoisotopic (exact) mass is 255 g/mol. The Labute approximate surface area is 105 Å². The largest absolute Gasteiger partial charge is 0.481 e. The molecule has 1 heterocycles. The van der Waals surface area contributed by atoms with Gasteiger partial charge in [0.15, 0.2) is 0 Å². The van der Waals surface area contributed by atoms with Crippen molar-refractivity contribution in [1.82, 2.24) is 5.32 Å². The number of amides is 1. The van der Waals surface area contributed by atoms with Crippen LogP contribution in [-0.2, 0) is 9.59 Å². The topological polar surface area (TPSA) is 66.4 Å². The second-order valence-corrected chi connectivity index (χ2v) is 5.14. The van der Waals surface area contributed by atoms with Gasteiger partial charge in [0, 0.05) is 10.9 Å². The Morgan fingerprint density at radius 2 is 2.00 bits per heavy atom. The fourth-order valence-corrected chi connectivity index (χ4v) is 2.14. The van der Waals surface area contributed by atoms with Gasteiger partial charge >= 0.3 is 5.97 Å². The molecule has 0 spiro atoms. The van der Waals surface area contributed by atoms with E-state index in [0.29, 0.717) is 0 Å². The van der Waals surface area contributed by atoms with Gasteiger partial charge < -0.3 is 10.4 Å². The van der Waals surface area contributed by atoms with Crippen LogP contribution in [0.4, 0.5) is 0 Å². The van der Waals surface area contributed by atoms with Crippen LogP contribution in [0.5, 0.6) is 0 Å². The number of carbonyl (C=O) groups excluding carboxylic acids is 1. The van der Waals surface area contributed by atoms with Crippen LogP contribution in [-0.4, -0.2) is 23.0 Å². The Balaban J connectivity index is 2.58. The number of carboxylic acids is 1. The highest BCUT2D eigenvalue weighted by Crippen LogP contribution is 2.21. The van der Waals surface area contributed by atoms with Crippen molar-refractivity contribution >= 4 is 23.2 Å². The van der Waals surface area contributed by atoms with Crippen LogP contribution in [0.15, 0.2) is 17.5 Å². The highest BCUT2D eigenvalue weighted by Gasteiger charge is 2.24. The molecular formula is C12H17NO3S. The molecule has 2 N–H and O–H groups in total. The number of hydrogen-bond donors (Lipinski definition) is 2. The molecule has 0 saturated carbocycles. The van der Waals surface area contributed by atoms with E-state index in [1.165, 1.54) is 11.3 Å². The molecule has 0 saturated heterocycles. The minimum atomic E-state index is -0.901. The molecular weight excluding hydrogens is 238 g/mol. The van der Waals surface area contributed by atoms with Crippen molar-refractivity contribution in [1.29, 1.82) is 0 Å². The summed E-state index contributed by atoms with van der Waals surface area (Å²) in [6.45, 7) is 5.11. The third kappa shape index (κ3) is 3.56. The van der Waals surface area contributed by atoms with Crippen molar-refractivity contribution in [3.63, 3.8) is 0 Å². The molecule has 1 aromatic rings. The molecule has 3 atom stereocenters. The standard InChI is InChI=1S/C12H17NO3S/c1-7(12(15)16)9(3)13-11(14)8(2)10-5-4-6-17-10/h4-9H,1-3H3,(H,13,14)(H,15,16). The van der Waals surface area contributed by atoms with Crippen LogP contribution in [0.3, 0.4) is 0 Å². The number of nitrogens with one attached hydrogen (secondary N) is 1. The summed E-state index contributed by atoms with van der Waals surface area (Å²) >= 11 is 1.52. The maximum absolute atomic E-state index is 11.9. The van der Waals surface area contributed by atoms with Crippen LogP contribution in [0.2, 0.25) is 0 Å². The minimum Gasteiger partial charge on any atom is -0.481 e. The molecule has 0 bridgehead atoms. The molecule has 0 aliphatic carbocycles. The zero-order valence-electron chi connectivity index (χ0n) is 10.1. The average molecular weight is 255 g/mol. The first-order chi connectivity index (χ1) is 7.93. The molecule has 4 nitrogen and oxygen atoms in total. The normalized spacial score (nSPS) is 15.9. The van der Waals surface area contributed by atoms with Gasteiger partial charge in [-0.1, -0.05) is 6.07 Å². The summed E-state index contributed by atoms with van der Waals surface area (Å²) in [6.07, 6.45) is 0. The Hall–Kier alpha value is -1.36. The molecule has 3 unspecified atom stereocenters. The first-order valence-corrected chi connectivity index (χ1v) is 6.38. The Kier molecular flexibility index (Phi) is 4.69. The van der Waals surface area contributed by atoms with E-state index in [2.05, 4.69) is 5.32 Å². The summed E-state index contributed by atoms with van der Waals surface area (Å²) in [5, 5.41) is 13.5. The van der Waals surface area contributed by atoms with E-state index < -0.39 is 11.9 Å². The van der Waals surface area contributed by atoms with Gasteiger partial charge in [-0.2, -0.15) is 0 Å². The van der Waals surface area contributed by atoms with Gasteiger partial charge in [-0.05, 0) is 32.2 Å². The zero-order valence-corrected chi connectivity index (χ0v) is 11.0. The van der Waals surface area contributed by atoms with E-state index in [-0.39, 0.29) is 17.9 Å². The van der Waals surface area contributed by atoms with E-state index in [0.717, 1.165) is 4.88 Å². The van der Waals surface area contributed by atoms with Gasteiger partial charge in [-0.3, -0.25) is 9.59 Å². The van der Waals surface area contributed by atoms with E-state index >= 15 is 0 Å². The molecule has 0 radical (unpaired) electrons. The van der Waals surface area contributed by atoms with Crippen molar-refractivity contribution in [2.45, 2.75) is 32.7 Å². The second kappa shape index (κ2) is 5.82. The first kappa shape index (κ1) is 13.7. The summed E-state index contributed by atoms with van der Waals surface area (Å²) in [5.74, 6) is -1.86. The van der Waals surface area contributed by atoms with Gasteiger partial charge in [0.2, 0.25) is 5.91 Å². The number of carbonyl (C=O) groups is 2. The lowest BCUT2D eigenvalue weighted by atomic mass is 10.0. The zero-order chi connectivity index (χ0) is 13.0. The van der Waals surface area contributed by atoms with Gasteiger partial charge in [0.05, 0.1) is 11.8 Å². The molecule has 0 aliphatic heterocycles. The predicted molar refractivity (Wildman–Crippen MR) is 67.1 cm³/mol. The summed E-state index contributed by atoms with van der Waals surface area (Å²) in [4.78, 5) is 23.6. The van der Waals surface area contributed by atoms with E-state index in [4.69, 9.17) is 5.11 Å². The van der Waals surface area contributed by atoms with Gasteiger partial charge in [-0.15, -0.1) is 11.3 Å². The Morgan fingerprint density at radius 3 is 2.47 bits per heavy atom. The third-order valence-corrected chi connectivity index (χ3v) is 3.93. The first-order valence-electron chi connectivity index (χ1n) is 5.50. The fraction of sp³-hybridized carbons (Fsp3) is 0.500. The summed E-state index contributed by atoms with van der Waals surface area (Å²) in [7, 11) is 0. The molecule has 1 rings (SSSR count). The number of aliphatic carboxylic acids is 1. The summed E-state index contributed by atoms with van der Waals surface area (Å²) in [5.41, 5.74) is 0. The number of carboxylic acid groups (broad SMARTS) is 1. The van der Waals surface area contributed by atoms with E-state index in [9.17, 15) is 9.59 Å². The highest BCUT2D eigenvalue weighted by atomic mass is 32.1. The average Bonchev–Trinajstić information content (AvgIpc) is 2.79. The molecule has 0 aromatic carbocycles. The van der Waals surface area contributed by atoms with Crippen molar-refractivity contribution in [3.05, 3.63) is 22.4 Å². The van der Waals surface area contributed by atoms with Crippen molar-refractivity contribution in [3.8, 4) is 0 Å². The third-order valence-electron chi connectivity index (χ3n) is 2.87. The lowest BCUT2D eigenvalue weighted by Crippen LogP contribution is -2.41. The number of rotatable bonds is 5. The summed E-state index contributed by atoms with van der Waals surface area (Å²) in [6, 6.07) is 3.43. The highest BCUT2D eigenvalue weighted by molar-refractivity contribution is 7.10. The van der Waals surface area contributed by atoms with Crippen LogP contribution in [0, 0.1) is 5.92 Å². The number of hydrogen-bond acceptors (Lipinski definition) is 3. The smallest absolute Gasteiger partial charge is 0.308 e. The van der Waals surface area contributed by atoms with Gasteiger partial charge in [0.25, 0.3) is 0 Å².